The number of ether oxygens (including phenoxy) is 1. The van der Waals surface area contributed by atoms with Crippen LogP contribution in [0.2, 0.25) is 0 Å². The molecule has 0 aliphatic carbocycles. The number of benzene rings is 2. The summed E-state index contributed by atoms with van der Waals surface area (Å²) < 4.78 is 5.71. The highest BCUT2D eigenvalue weighted by Gasteiger charge is 2.22. The van der Waals surface area contributed by atoms with E-state index in [9.17, 15) is 9.59 Å². The molecule has 1 N–H and O–H groups in total. The van der Waals surface area contributed by atoms with Crippen molar-refractivity contribution in [3.63, 3.8) is 0 Å². The van der Waals surface area contributed by atoms with Crippen LogP contribution in [-0.4, -0.2) is 31.5 Å². The van der Waals surface area contributed by atoms with Gasteiger partial charge >= 0.3 is 0 Å². The summed E-state index contributed by atoms with van der Waals surface area (Å²) in [5, 5.41) is 2.87. The van der Waals surface area contributed by atoms with E-state index in [0.717, 1.165) is 17.9 Å². The first kappa shape index (κ1) is 19.9. The van der Waals surface area contributed by atoms with Gasteiger partial charge in [0.25, 0.3) is 5.91 Å². The summed E-state index contributed by atoms with van der Waals surface area (Å²) in [6.07, 6.45) is 1.44. The van der Waals surface area contributed by atoms with Crippen molar-refractivity contribution in [3.8, 4) is 5.75 Å². The highest BCUT2D eigenvalue weighted by Crippen LogP contribution is 2.24. The Bertz CT molecular complexity index is 838. The molecule has 5 heteroatoms. The number of hydrogen-bond donors (Lipinski definition) is 1. The Morgan fingerprint density at radius 3 is 2.54 bits per heavy atom. The summed E-state index contributed by atoms with van der Waals surface area (Å²) in [5.74, 6) is 0.736. The molecular formula is C23H28N2O3. The van der Waals surface area contributed by atoms with E-state index in [2.05, 4.69) is 38.2 Å². The van der Waals surface area contributed by atoms with Gasteiger partial charge in [0, 0.05) is 24.2 Å². The van der Waals surface area contributed by atoms with E-state index in [1.807, 2.05) is 24.3 Å². The van der Waals surface area contributed by atoms with Gasteiger partial charge in [0.15, 0.2) is 0 Å². The maximum atomic E-state index is 12.4. The quantitative estimate of drug-likeness (QED) is 0.773. The standard InChI is InChI=1S/C23H28N2O3/c1-23(2,3)18-9-11-20(12-10-18)28-15-13-24-22(27)17-6-4-7-19(16-17)25-14-5-8-21(25)26/h4,6-7,9-12,16H,5,8,13-15H2,1-3H3,(H,24,27). The molecule has 1 saturated heterocycles. The van der Waals surface area contributed by atoms with Gasteiger partial charge in [-0.3, -0.25) is 9.59 Å². The number of carbonyl (C=O) groups excluding carboxylic acids is 2. The lowest BCUT2D eigenvalue weighted by atomic mass is 9.87. The predicted octanol–water partition coefficient (Wildman–Crippen LogP) is 3.92. The topological polar surface area (TPSA) is 58.6 Å². The molecule has 3 rings (SSSR count). The van der Waals surface area contributed by atoms with E-state index in [0.29, 0.717) is 31.7 Å². The van der Waals surface area contributed by atoms with Crippen LogP contribution in [-0.2, 0) is 10.2 Å². The van der Waals surface area contributed by atoms with E-state index in [1.54, 1.807) is 17.0 Å². The van der Waals surface area contributed by atoms with Gasteiger partial charge in [-0.2, -0.15) is 0 Å². The molecule has 2 aromatic rings. The minimum absolute atomic E-state index is 0.112. The van der Waals surface area contributed by atoms with E-state index >= 15 is 0 Å². The van der Waals surface area contributed by atoms with Crippen LogP contribution < -0.4 is 15.0 Å². The minimum Gasteiger partial charge on any atom is -0.492 e. The molecule has 0 unspecified atom stereocenters. The van der Waals surface area contributed by atoms with Gasteiger partial charge in [-0.05, 0) is 47.7 Å². The summed E-state index contributed by atoms with van der Waals surface area (Å²) in [5.41, 5.74) is 2.70. The van der Waals surface area contributed by atoms with Crippen LogP contribution in [0.4, 0.5) is 5.69 Å². The zero-order valence-electron chi connectivity index (χ0n) is 16.8. The fourth-order valence-electron chi connectivity index (χ4n) is 3.22. The molecule has 0 spiro atoms. The molecule has 0 bridgehead atoms. The Morgan fingerprint density at radius 1 is 1.14 bits per heavy atom. The number of rotatable bonds is 6. The molecule has 0 saturated carbocycles. The largest absolute Gasteiger partial charge is 0.492 e. The lowest BCUT2D eigenvalue weighted by Crippen LogP contribution is -2.29. The molecule has 5 nitrogen and oxygen atoms in total. The van der Waals surface area contributed by atoms with Gasteiger partial charge in [0.1, 0.15) is 12.4 Å². The second kappa shape index (κ2) is 8.46. The lowest BCUT2D eigenvalue weighted by Gasteiger charge is -2.19. The van der Waals surface area contributed by atoms with Crippen LogP contribution in [0.15, 0.2) is 48.5 Å². The molecule has 28 heavy (non-hydrogen) atoms. The maximum absolute atomic E-state index is 12.4. The van der Waals surface area contributed by atoms with Crippen LogP contribution >= 0.6 is 0 Å². The van der Waals surface area contributed by atoms with Crippen LogP contribution in [0.1, 0.15) is 49.5 Å². The SMILES string of the molecule is CC(C)(C)c1ccc(OCCNC(=O)c2cccc(N3CCCC3=O)c2)cc1. The fourth-order valence-corrected chi connectivity index (χ4v) is 3.22. The molecule has 1 heterocycles. The minimum atomic E-state index is -0.167. The molecule has 0 radical (unpaired) electrons. The Morgan fingerprint density at radius 2 is 1.89 bits per heavy atom. The molecule has 0 aromatic heterocycles. The van der Waals surface area contributed by atoms with Gasteiger partial charge in [-0.15, -0.1) is 0 Å². The smallest absolute Gasteiger partial charge is 0.251 e. The third-order valence-electron chi connectivity index (χ3n) is 4.87. The van der Waals surface area contributed by atoms with Crippen molar-refractivity contribution < 1.29 is 14.3 Å². The van der Waals surface area contributed by atoms with E-state index < -0.39 is 0 Å². The number of anilines is 1. The van der Waals surface area contributed by atoms with Gasteiger partial charge in [-0.1, -0.05) is 39.0 Å². The van der Waals surface area contributed by atoms with Crippen molar-refractivity contribution in [2.45, 2.75) is 39.0 Å². The fraction of sp³-hybridized carbons (Fsp3) is 0.391. The third-order valence-corrected chi connectivity index (χ3v) is 4.87. The Hall–Kier alpha value is -2.82. The molecular weight excluding hydrogens is 352 g/mol. The van der Waals surface area contributed by atoms with Crippen molar-refractivity contribution in [1.29, 1.82) is 0 Å². The number of amides is 2. The molecule has 2 amide bonds. The molecule has 1 aliphatic rings. The molecule has 148 valence electrons. The Balaban J connectivity index is 1.49. The monoisotopic (exact) mass is 380 g/mol. The summed E-state index contributed by atoms with van der Waals surface area (Å²) in [7, 11) is 0. The number of carbonyl (C=O) groups is 2. The summed E-state index contributed by atoms with van der Waals surface area (Å²) in [6, 6.07) is 15.2. The first-order chi connectivity index (χ1) is 13.3. The maximum Gasteiger partial charge on any atom is 0.251 e. The number of nitrogens with one attached hydrogen (secondary N) is 1. The molecule has 2 aromatic carbocycles. The van der Waals surface area contributed by atoms with Crippen LogP contribution in [0, 0.1) is 0 Å². The van der Waals surface area contributed by atoms with Gasteiger partial charge in [0.2, 0.25) is 5.91 Å². The number of nitrogens with zero attached hydrogens (tertiary/aromatic N) is 1. The van der Waals surface area contributed by atoms with Crippen LogP contribution in [0.5, 0.6) is 5.75 Å². The Labute approximate surface area is 166 Å². The van der Waals surface area contributed by atoms with Gasteiger partial charge in [-0.25, -0.2) is 0 Å². The van der Waals surface area contributed by atoms with Crippen LogP contribution in [0.25, 0.3) is 0 Å². The average Bonchev–Trinajstić information content (AvgIpc) is 3.11. The normalized spacial score (nSPS) is 14.2. The average molecular weight is 380 g/mol. The van der Waals surface area contributed by atoms with Crippen molar-refractivity contribution >= 4 is 17.5 Å². The van der Waals surface area contributed by atoms with E-state index in [1.165, 1.54) is 5.56 Å². The predicted molar refractivity (Wildman–Crippen MR) is 111 cm³/mol. The van der Waals surface area contributed by atoms with Crippen LogP contribution in [0.3, 0.4) is 0 Å². The Kier molecular flexibility index (Phi) is 6.02. The first-order valence-corrected chi connectivity index (χ1v) is 9.76. The summed E-state index contributed by atoms with van der Waals surface area (Å²) in [4.78, 5) is 26.0. The zero-order chi connectivity index (χ0) is 20.1. The zero-order valence-corrected chi connectivity index (χ0v) is 16.8. The van der Waals surface area contributed by atoms with Crippen molar-refractivity contribution in [2.75, 3.05) is 24.6 Å². The summed E-state index contributed by atoms with van der Waals surface area (Å²) in [6.45, 7) is 8.04. The molecule has 0 atom stereocenters. The van der Waals surface area contributed by atoms with Crippen molar-refractivity contribution in [1.82, 2.24) is 5.32 Å². The van der Waals surface area contributed by atoms with E-state index in [4.69, 9.17) is 4.74 Å². The highest BCUT2D eigenvalue weighted by molar-refractivity contribution is 5.99. The van der Waals surface area contributed by atoms with Gasteiger partial charge in [0.05, 0.1) is 6.54 Å². The van der Waals surface area contributed by atoms with Crippen molar-refractivity contribution in [3.05, 3.63) is 59.7 Å². The molecule has 1 fully saturated rings. The first-order valence-electron chi connectivity index (χ1n) is 9.76. The lowest BCUT2D eigenvalue weighted by molar-refractivity contribution is -0.117. The van der Waals surface area contributed by atoms with Gasteiger partial charge < -0.3 is 15.0 Å². The van der Waals surface area contributed by atoms with E-state index in [-0.39, 0.29) is 17.2 Å². The number of hydrogen-bond acceptors (Lipinski definition) is 3. The third kappa shape index (κ3) is 4.91. The highest BCUT2D eigenvalue weighted by atomic mass is 16.5. The van der Waals surface area contributed by atoms with Crippen molar-refractivity contribution in [2.24, 2.45) is 0 Å². The second-order valence-electron chi connectivity index (χ2n) is 8.08. The summed E-state index contributed by atoms with van der Waals surface area (Å²) >= 11 is 0. The second-order valence-corrected chi connectivity index (χ2v) is 8.08. The molecule has 1 aliphatic heterocycles.